The van der Waals surface area contributed by atoms with Crippen LogP contribution in [0.3, 0.4) is 0 Å². The summed E-state index contributed by atoms with van der Waals surface area (Å²) in [5.74, 6) is 0. The molecule has 0 saturated heterocycles. The molecule has 0 bridgehead atoms. The highest BCUT2D eigenvalue weighted by Crippen LogP contribution is 2.30. The Hall–Kier alpha value is -0.860. The Morgan fingerprint density at radius 1 is 1.25 bits per heavy atom. The lowest BCUT2D eigenvalue weighted by Crippen LogP contribution is -2.18. The van der Waals surface area contributed by atoms with E-state index in [4.69, 9.17) is 10.5 Å². The van der Waals surface area contributed by atoms with E-state index in [-0.39, 0.29) is 11.5 Å². The Morgan fingerprint density at radius 2 is 1.94 bits per heavy atom. The molecule has 2 nitrogen and oxygen atoms in total. The number of nitrogens with two attached hydrogens (primary N) is 1. The molecule has 2 rings (SSSR count). The Bertz CT molecular complexity index is 379. The molecule has 0 aliphatic carbocycles. The fourth-order valence-electron chi connectivity index (χ4n) is 2.20. The van der Waals surface area contributed by atoms with Gasteiger partial charge in [-0.25, -0.2) is 0 Å². The molecule has 2 heteroatoms. The number of ether oxygens (including phenoxy) is 1. The maximum absolute atomic E-state index is 6.23. The van der Waals surface area contributed by atoms with E-state index in [0.29, 0.717) is 0 Å². The van der Waals surface area contributed by atoms with Crippen LogP contribution in [0.1, 0.15) is 49.9 Å². The fourth-order valence-corrected chi connectivity index (χ4v) is 2.20. The zero-order chi connectivity index (χ0) is 11.8. The van der Waals surface area contributed by atoms with Crippen LogP contribution in [-0.4, -0.2) is 0 Å². The lowest BCUT2D eigenvalue weighted by molar-refractivity contribution is 0.134. The second kappa shape index (κ2) is 4.19. The number of rotatable bonds is 2. The van der Waals surface area contributed by atoms with E-state index in [1.165, 1.54) is 16.7 Å². The normalized spacial score (nSPS) is 17.2. The first-order valence-electron chi connectivity index (χ1n) is 5.91. The van der Waals surface area contributed by atoms with Crippen LogP contribution in [0.2, 0.25) is 0 Å². The van der Waals surface area contributed by atoms with Crippen LogP contribution in [0.4, 0.5) is 0 Å². The minimum Gasteiger partial charge on any atom is -0.372 e. The number of hydrogen-bond acceptors (Lipinski definition) is 2. The summed E-state index contributed by atoms with van der Waals surface area (Å²) in [6, 6.07) is 6.63. The first-order chi connectivity index (χ1) is 7.46. The third kappa shape index (κ3) is 2.63. The molecule has 16 heavy (non-hydrogen) atoms. The van der Waals surface area contributed by atoms with Gasteiger partial charge in [-0.1, -0.05) is 39.0 Å². The van der Waals surface area contributed by atoms with E-state index in [1.807, 2.05) is 0 Å². The lowest BCUT2D eigenvalue weighted by atomic mass is 9.85. The van der Waals surface area contributed by atoms with E-state index in [1.54, 1.807) is 0 Å². The van der Waals surface area contributed by atoms with E-state index in [0.717, 1.165) is 19.6 Å². The van der Waals surface area contributed by atoms with Gasteiger partial charge < -0.3 is 10.5 Å². The molecule has 0 amide bonds. The summed E-state index contributed by atoms with van der Waals surface area (Å²) in [7, 11) is 0. The first-order valence-corrected chi connectivity index (χ1v) is 5.91. The van der Waals surface area contributed by atoms with Gasteiger partial charge >= 0.3 is 0 Å². The molecule has 88 valence electrons. The predicted molar refractivity (Wildman–Crippen MR) is 65.9 cm³/mol. The summed E-state index contributed by atoms with van der Waals surface area (Å²) in [6.45, 7) is 8.17. The van der Waals surface area contributed by atoms with Crippen molar-refractivity contribution in [2.24, 2.45) is 11.1 Å². The Kier molecular flexibility index (Phi) is 3.04. The number of fused-ring (bicyclic) bond motifs is 1. The van der Waals surface area contributed by atoms with E-state index in [2.05, 4.69) is 39.0 Å². The number of benzene rings is 1. The van der Waals surface area contributed by atoms with E-state index < -0.39 is 0 Å². The predicted octanol–water partition coefficient (Wildman–Crippen LogP) is 3.15. The average molecular weight is 219 g/mol. The van der Waals surface area contributed by atoms with Crippen LogP contribution in [0.15, 0.2) is 18.2 Å². The van der Waals surface area contributed by atoms with Crippen LogP contribution >= 0.6 is 0 Å². The molecule has 1 atom stereocenters. The maximum Gasteiger partial charge on any atom is 0.0725 e. The molecule has 1 unspecified atom stereocenters. The van der Waals surface area contributed by atoms with E-state index in [9.17, 15) is 0 Å². The SMILES string of the molecule is CC(C)(C)CC(N)c1ccc2c(c1)COC2. The highest BCUT2D eigenvalue weighted by atomic mass is 16.5. The minimum absolute atomic E-state index is 0.130. The Morgan fingerprint density at radius 3 is 2.62 bits per heavy atom. The third-order valence-electron chi connectivity index (χ3n) is 3.01. The summed E-state index contributed by atoms with van der Waals surface area (Å²) in [6.07, 6.45) is 1.01. The molecule has 0 saturated carbocycles. The van der Waals surface area contributed by atoms with Crippen molar-refractivity contribution in [3.05, 3.63) is 34.9 Å². The molecule has 0 radical (unpaired) electrons. The van der Waals surface area contributed by atoms with Crippen molar-refractivity contribution in [2.75, 3.05) is 0 Å². The molecule has 1 aromatic carbocycles. The molecule has 1 aromatic rings. The summed E-state index contributed by atoms with van der Waals surface area (Å²) in [5, 5.41) is 0. The quantitative estimate of drug-likeness (QED) is 0.829. The van der Waals surface area contributed by atoms with Gasteiger partial charge in [-0.2, -0.15) is 0 Å². The van der Waals surface area contributed by atoms with Gasteiger partial charge in [-0.3, -0.25) is 0 Å². The van der Waals surface area contributed by atoms with Crippen LogP contribution in [0.25, 0.3) is 0 Å². The monoisotopic (exact) mass is 219 g/mol. The lowest BCUT2D eigenvalue weighted by Gasteiger charge is -2.23. The molecule has 1 heterocycles. The molecule has 0 fully saturated rings. The van der Waals surface area contributed by atoms with Crippen molar-refractivity contribution in [3.63, 3.8) is 0 Å². The molecular formula is C14H21NO. The Labute approximate surface area is 97.8 Å². The molecule has 2 N–H and O–H groups in total. The van der Waals surface area contributed by atoms with Crippen molar-refractivity contribution in [3.8, 4) is 0 Å². The van der Waals surface area contributed by atoms with Gasteiger partial charge in [0.2, 0.25) is 0 Å². The fraction of sp³-hybridized carbons (Fsp3) is 0.571. The highest BCUT2D eigenvalue weighted by Gasteiger charge is 2.19. The standard InChI is InChI=1S/C14H21NO/c1-14(2,3)7-13(15)10-4-5-11-8-16-9-12(11)6-10/h4-6,13H,7-9,15H2,1-3H3. The molecule has 0 spiro atoms. The summed E-state index contributed by atoms with van der Waals surface area (Å²) in [4.78, 5) is 0. The largest absolute Gasteiger partial charge is 0.372 e. The van der Waals surface area contributed by atoms with Crippen molar-refractivity contribution in [1.29, 1.82) is 0 Å². The van der Waals surface area contributed by atoms with Crippen molar-refractivity contribution >= 4 is 0 Å². The van der Waals surface area contributed by atoms with Gasteiger partial charge in [-0.15, -0.1) is 0 Å². The molecule has 1 aliphatic rings. The zero-order valence-corrected chi connectivity index (χ0v) is 10.4. The third-order valence-corrected chi connectivity index (χ3v) is 3.01. The smallest absolute Gasteiger partial charge is 0.0725 e. The van der Waals surface area contributed by atoms with Crippen LogP contribution in [0.5, 0.6) is 0 Å². The summed E-state index contributed by atoms with van der Waals surface area (Å²) >= 11 is 0. The molecule has 0 aromatic heterocycles. The van der Waals surface area contributed by atoms with Gasteiger partial charge in [0.1, 0.15) is 0 Å². The van der Waals surface area contributed by atoms with Gasteiger partial charge in [0.25, 0.3) is 0 Å². The molecule has 1 aliphatic heterocycles. The second-order valence-electron chi connectivity index (χ2n) is 5.89. The number of hydrogen-bond donors (Lipinski definition) is 1. The summed E-state index contributed by atoms with van der Waals surface area (Å²) in [5.41, 5.74) is 10.4. The van der Waals surface area contributed by atoms with Gasteiger partial charge in [0, 0.05) is 6.04 Å². The van der Waals surface area contributed by atoms with Crippen molar-refractivity contribution in [2.45, 2.75) is 46.4 Å². The summed E-state index contributed by atoms with van der Waals surface area (Å²) < 4.78 is 5.41. The van der Waals surface area contributed by atoms with Gasteiger partial charge in [0.05, 0.1) is 13.2 Å². The topological polar surface area (TPSA) is 35.2 Å². The second-order valence-corrected chi connectivity index (χ2v) is 5.89. The van der Waals surface area contributed by atoms with Crippen LogP contribution < -0.4 is 5.73 Å². The Balaban J connectivity index is 2.15. The van der Waals surface area contributed by atoms with E-state index >= 15 is 0 Å². The van der Waals surface area contributed by atoms with Gasteiger partial charge in [-0.05, 0) is 28.5 Å². The first kappa shape index (κ1) is 11.6. The average Bonchev–Trinajstić information content (AvgIpc) is 2.61. The highest BCUT2D eigenvalue weighted by molar-refractivity contribution is 5.34. The van der Waals surface area contributed by atoms with Crippen molar-refractivity contribution in [1.82, 2.24) is 0 Å². The van der Waals surface area contributed by atoms with Crippen molar-refractivity contribution < 1.29 is 4.74 Å². The maximum atomic E-state index is 6.23. The van der Waals surface area contributed by atoms with Gasteiger partial charge in [0.15, 0.2) is 0 Å². The van der Waals surface area contributed by atoms with Crippen LogP contribution in [-0.2, 0) is 18.0 Å². The molecular weight excluding hydrogens is 198 g/mol. The van der Waals surface area contributed by atoms with Crippen LogP contribution in [0, 0.1) is 5.41 Å². The zero-order valence-electron chi connectivity index (χ0n) is 10.4. The minimum atomic E-state index is 0.130.